The molecule has 4 rings (SSSR count). The molecule has 2 heterocycles. The van der Waals surface area contributed by atoms with Crippen molar-refractivity contribution in [3.63, 3.8) is 0 Å². The number of methoxy groups -OCH3 is 2. The second-order valence-corrected chi connectivity index (χ2v) is 9.21. The van der Waals surface area contributed by atoms with Crippen molar-refractivity contribution in [2.45, 2.75) is 62.2 Å². The highest BCUT2D eigenvalue weighted by Crippen LogP contribution is 2.38. The average Bonchev–Trinajstić information content (AvgIpc) is 3.51. The number of carbonyl (C=O) groups is 1. The summed E-state index contributed by atoms with van der Waals surface area (Å²) in [4.78, 5) is 12.4. The van der Waals surface area contributed by atoms with E-state index in [2.05, 4.69) is 20.1 Å². The van der Waals surface area contributed by atoms with Crippen LogP contribution in [0.2, 0.25) is 0 Å². The molecule has 1 saturated heterocycles. The maximum absolute atomic E-state index is 12.4. The Hall–Kier alpha value is -2.26. The number of thioether (sulfide) groups is 1. The first-order valence-electron chi connectivity index (χ1n) is 11.4. The lowest BCUT2D eigenvalue weighted by molar-refractivity contribution is -0.119. The third kappa shape index (κ3) is 5.38. The molecule has 0 radical (unpaired) electrons. The van der Waals surface area contributed by atoms with Crippen LogP contribution in [0.5, 0.6) is 11.5 Å². The van der Waals surface area contributed by atoms with Crippen LogP contribution in [0.4, 0.5) is 0 Å². The molecule has 1 aliphatic carbocycles. The van der Waals surface area contributed by atoms with Crippen LogP contribution in [-0.2, 0) is 9.53 Å². The Kier molecular flexibility index (Phi) is 7.91. The van der Waals surface area contributed by atoms with Gasteiger partial charge < -0.3 is 19.5 Å². The first-order chi connectivity index (χ1) is 15.7. The number of carbonyl (C=O) groups excluding carboxylic acids is 1. The van der Waals surface area contributed by atoms with Crippen LogP contribution in [0.1, 0.15) is 51.0 Å². The number of hydrogen-bond donors (Lipinski definition) is 1. The Balaban J connectivity index is 1.52. The lowest BCUT2D eigenvalue weighted by Gasteiger charge is -2.25. The standard InChI is InChI=1S/C23H32N4O4S/c1-29-19-11-10-16(13-20(19)30-2)22-25-26-23(27(22)17-7-4-3-5-8-17)32-15-21(28)24-14-18-9-6-12-31-18/h10-11,13,17-18H,3-9,12,14-15H2,1-2H3,(H,24,28)/t18-/m0/s1. The molecule has 1 atom stereocenters. The zero-order chi connectivity index (χ0) is 22.3. The van der Waals surface area contributed by atoms with E-state index in [0.717, 1.165) is 48.8 Å². The van der Waals surface area contributed by atoms with Crippen molar-refractivity contribution in [3.8, 4) is 22.9 Å². The average molecular weight is 461 g/mol. The molecule has 8 nitrogen and oxygen atoms in total. The lowest BCUT2D eigenvalue weighted by Crippen LogP contribution is -2.33. The number of aromatic nitrogens is 3. The van der Waals surface area contributed by atoms with Crippen molar-refractivity contribution in [2.75, 3.05) is 33.1 Å². The molecule has 1 saturated carbocycles. The van der Waals surface area contributed by atoms with Crippen LogP contribution in [-0.4, -0.2) is 59.9 Å². The number of nitrogens with zero attached hydrogens (tertiary/aromatic N) is 3. The molecule has 2 aromatic rings. The Morgan fingerprint density at radius 3 is 2.66 bits per heavy atom. The van der Waals surface area contributed by atoms with Gasteiger partial charge in [0.2, 0.25) is 5.91 Å². The van der Waals surface area contributed by atoms with Gasteiger partial charge in [-0.2, -0.15) is 0 Å². The van der Waals surface area contributed by atoms with Crippen molar-refractivity contribution in [1.29, 1.82) is 0 Å². The maximum Gasteiger partial charge on any atom is 0.230 e. The van der Waals surface area contributed by atoms with Gasteiger partial charge in [0, 0.05) is 24.8 Å². The Bertz CT molecular complexity index is 907. The molecule has 2 aliphatic rings. The summed E-state index contributed by atoms with van der Waals surface area (Å²) >= 11 is 1.44. The van der Waals surface area contributed by atoms with Gasteiger partial charge in [-0.3, -0.25) is 9.36 Å². The number of benzene rings is 1. The topological polar surface area (TPSA) is 87.5 Å². The number of nitrogens with one attached hydrogen (secondary N) is 1. The lowest BCUT2D eigenvalue weighted by atomic mass is 9.95. The van der Waals surface area contributed by atoms with E-state index in [4.69, 9.17) is 14.2 Å². The third-order valence-corrected chi connectivity index (χ3v) is 7.07. The van der Waals surface area contributed by atoms with Gasteiger partial charge >= 0.3 is 0 Å². The van der Waals surface area contributed by atoms with Gasteiger partial charge in [-0.25, -0.2) is 0 Å². The first kappa shape index (κ1) is 22.9. The normalized spacial score (nSPS) is 19.1. The molecule has 1 N–H and O–H groups in total. The van der Waals surface area contributed by atoms with Crippen molar-refractivity contribution in [2.24, 2.45) is 0 Å². The smallest absolute Gasteiger partial charge is 0.230 e. The molecule has 0 unspecified atom stereocenters. The summed E-state index contributed by atoms with van der Waals surface area (Å²) in [6.45, 7) is 1.37. The van der Waals surface area contributed by atoms with Crippen LogP contribution in [0.3, 0.4) is 0 Å². The molecule has 2 fully saturated rings. The first-order valence-corrected chi connectivity index (χ1v) is 12.4. The van der Waals surface area contributed by atoms with Crippen molar-refractivity contribution in [1.82, 2.24) is 20.1 Å². The SMILES string of the molecule is COc1ccc(-c2nnc(SCC(=O)NC[C@@H]3CCCO3)n2C2CCCCC2)cc1OC. The highest BCUT2D eigenvalue weighted by atomic mass is 32.2. The summed E-state index contributed by atoms with van der Waals surface area (Å²) < 4.78 is 18.7. The molecule has 1 aromatic heterocycles. The van der Waals surface area contributed by atoms with Gasteiger partial charge in [0.1, 0.15) is 0 Å². The Labute approximate surface area is 193 Å². The maximum atomic E-state index is 12.4. The van der Waals surface area contributed by atoms with Gasteiger partial charge in [0.15, 0.2) is 22.5 Å². The molecule has 0 bridgehead atoms. The molecular formula is C23H32N4O4S. The van der Waals surface area contributed by atoms with E-state index in [0.29, 0.717) is 29.8 Å². The third-order valence-electron chi connectivity index (χ3n) is 6.13. The number of ether oxygens (including phenoxy) is 3. The van der Waals surface area contributed by atoms with Crippen molar-refractivity contribution in [3.05, 3.63) is 18.2 Å². The minimum atomic E-state index is -0.00337. The van der Waals surface area contributed by atoms with E-state index in [1.165, 1.54) is 31.0 Å². The Morgan fingerprint density at radius 2 is 1.94 bits per heavy atom. The van der Waals surface area contributed by atoms with Gasteiger partial charge in [0.25, 0.3) is 0 Å². The zero-order valence-electron chi connectivity index (χ0n) is 18.8. The summed E-state index contributed by atoms with van der Waals surface area (Å²) in [5, 5.41) is 12.8. The van der Waals surface area contributed by atoms with Gasteiger partial charge in [-0.1, -0.05) is 31.0 Å². The number of hydrogen-bond acceptors (Lipinski definition) is 7. The predicted molar refractivity (Wildman–Crippen MR) is 123 cm³/mol. The predicted octanol–water partition coefficient (Wildman–Crippen LogP) is 3.85. The van der Waals surface area contributed by atoms with Crippen LogP contribution < -0.4 is 14.8 Å². The summed E-state index contributed by atoms with van der Waals surface area (Å²) in [5.74, 6) is 2.45. The highest BCUT2D eigenvalue weighted by molar-refractivity contribution is 7.99. The fourth-order valence-corrected chi connectivity index (χ4v) is 5.27. The molecule has 174 valence electrons. The molecule has 1 aromatic carbocycles. The quantitative estimate of drug-likeness (QED) is 0.569. The van der Waals surface area contributed by atoms with E-state index < -0.39 is 0 Å². The summed E-state index contributed by atoms with van der Waals surface area (Å²) in [6, 6.07) is 6.14. The Morgan fingerprint density at radius 1 is 1.12 bits per heavy atom. The van der Waals surface area contributed by atoms with Crippen LogP contribution >= 0.6 is 11.8 Å². The number of rotatable bonds is 9. The highest BCUT2D eigenvalue weighted by Gasteiger charge is 2.25. The number of amides is 1. The van der Waals surface area contributed by atoms with E-state index in [1.807, 2.05) is 18.2 Å². The molecule has 32 heavy (non-hydrogen) atoms. The minimum Gasteiger partial charge on any atom is -0.493 e. The van der Waals surface area contributed by atoms with Crippen LogP contribution in [0, 0.1) is 0 Å². The van der Waals surface area contributed by atoms with E-state index in [-0.39, 0.29) is 12.0 Å². The molecule has 0 spiro atoms. The summed E-state index contributed by atoms with van der Waals surface area (Å²) in [5.41, 5.74) is 0.926. The molecular weight excluding hydrogens is 428 g/mol. The molecule has 1 amide bonds. The van der Waals surface area contributed by atoms with Gasteiger partial charge in [0.05, 0.1) is 26.1 Å². The largest absolute Gasteiger partial charge is 0.493 e. The van der Waals surface area contributed by atoms with Gasteiger partial charge in [-0.15, -0.1) is 10.2 Å². The monoisotopic (exact) mass is 460 g/mol. The van der Waals surface area contributed by atoms with Gasteiger partial charge in [-0.05, 0) is 43.9 Å². The summed E-state index contributed by atoms with van der Waals surface area (Å²) in [7, 11) is 3.25. The fraction of sp³-hybridized carbons (Fsp3) is 0.609. The zero-order valence-corrected chi connectivity index (χ0v) is 19.7. The second-order valence-electron chi connectivity index (χ2n) is 8.27. The van der Waals surface area contributed by atoms with E-state index in [9.17, 15) is 4.79 Å². The van der Waals surface area contributed by atoms with Crippen molar-refractivity contribution < 1.29 is 19.0 Å². The van der Waals surface area contributed by atoms with Crippen molar-refractivity contribution >= 4 is 17.7 Å². The van der Waals surface area contributed by atoms with E-state index in [1.54, 1.807) is 14.2 Å². The van der Waals surface area contributed by atoms with Crippen LogP contribution in [0.25, 0.3) is 11.4 Å². The van der Waals surface area contributed by atoms with E-state index >= 15 is 0 Å². The fourth-order valence-electron chi connectivity index (χ4n) is 4.43. The van der Waals surface area contributed by atoms with Crippen LogP contribution in [0.15, 0.2) is 23.4 Å². The molecule has 9 heteroatoms. The molecule has 1 aliphatic heterocycles. The second kappa shape index (κ2) is 11.0. The summed E-state index contributed by atoms with van der Waals surface area (Å²) in [6.07, 6.45) is 8.07. The minimum absolute atomic E-state index is 0.00337.